The number of methoxy groups -OCH3 is 1. The zero-order valence-electron chi connectivity index (χ0n) is 15.3. The summed E-state index contributed by atoms with van der Waals surface area (Å²) in [5.41, 5.74) is 4.58. The van der Waals surface area contributed by atoms with Crippen LogP contribution in [0.5, 0.6) is 17.2 Å². The highest BCUT2D eigenvalue weighted by Crippen LogP contribution is 2.17. The van der Waals surface area contributed by atoms with Crippen LogP contribution in [0.1, 0.15) is 21.5 Å². The van der Waals surface area contributed by atoms with E-state index in [1.807, 2.05) is 48.5 Å². The van der Waals surface area contributed by atoms with Crippen molar-refractivity contribution in [2.45, 2.75) is 6.61 Å². The van der Waals surface area contributed by atoms with E-state index in [1.54, 1.807) is 19.2 Å². The molecule has 0 radical (unpaired) electrons. The van der Waals surface area contributed by atoms with Crippen LogP contribution in [0.25, 0.3) is 0 Å². The van der Waals surface area contributed by atoms with Gasteiger partial charge < -0.3 is 14.6 Å². The fourth-order valence-electron chi connectivity index (χ4n) is 2.46. The van der Waals surface area contributed by atoms with Crippen molar-refractivity contribution in [1.82, 2.24) is 5.43 Å². The zero-order chi connectivity index (χ0) is 19.8. The Morgan fingerprint density at radius 2 is 1.82 bits per heavy atom. The Hall–Kier alpha value is -3.80. The maximum atomic E-state index is 11.9. The molecule has 0 saturated heterocycles. The van der Waals surface area contributed by atoms with Crippen LogP contribution in [0, 0.1) is 0 Å². The van der Waals surface area contributed by atoms with Crippen molar-refractivity contribution in [2.24, 2.45) is 5.10 Å². The van der Waals surface area contributed by atoms with E-state index in [0.29, 0.717) is 12.2 Å². The van der Waals surface area contributed by atoms with Gasteiger partial charge in [0, 0.05) is 5.56 Å². The van der Waals surface area contributed by atoms with Gasteiger partial charge in [0.1, 0.15) is 23.9 Å². The molecule has 0 aliphatic carbocycles. The summed E-state index contributed by atoms with van der Waals surface area (Å²) in [6, 6.07) is 21.1. The lowest BCUT2D eigenvalue weighted by Crippen LogP contribution is -2.17. The number of nitrogens with zero attached hydrogens (tertiary/aromatic N) is 1. The number of aromatic hydroxyl groups is 1. The molecule has 0 unspecified atom stereocenters. The Kier molecular flexibility index (Phi) is 6.25. The van der Waals surface area contributed by atoms with E-state index in [1.165, 1.54) is 18.3 Å². The molecule has 0 aromatic heterocycles. The number of nitrogens with one attached hydrogen (secondary N) is 1. The average molecular weight is 376 g/mol. The highest BCUT2D eigenvalue weighted by molar-refractivity contribution is 5.95. The summed E-state index contributed by atoms with van der Waals surface area (Å²) < 4.78 is 11.0. The number of carbonyl (C=O) groups excluding carboxylic acids is 1. The Balaban J connectivity index is 1.52. The molecule has 0 atom stereocenters. The first kappa shape index (κ1) is 19.0. The maximum Gasteiger partial charge on any atom is 0.271 e. The standard InChI is InChI=1S/C22H20N2O4/c1-27-21-7-2-4-17(12-21)15-28-20-10-8-16(9-11-20)14-23-24-22(26)18-5-3-6-19(25)13-18/h2-14,25H,15H2,1H3,(H,24,26)/b23-14+. The maximum absolute atomic E-state index is 11.9. The van der Waals surface area contributed by atoms with Gasteiger partial charge in [0.15, 0.2) is 0 Å². The first-order valence-corrected chi connectivity index (χ1v) is 8.62. The van der Waals surface area contributed by atoms with Crippen molar-refractivity contribution >= 4 is 12.1 Å². The van der Waals surface area contributed by atoms with E-state index >= 15 is 0 Å². The number of hydrogen-bond acceptors (Lipinski definition) is 5. The van der Waals surface area contributed by atoms with Crippen LogP contribution in [-0.4, -0.2) is 24.3 Å². The van der Waals surface area contributed by atoms with Crippen molar-refractivity contribution in [3.8, 4) is 17.2 Å². The second-order valence-corrected chi connectivity index (χ2v) is 5.96. The van der Waals surface area contributed by atoms with Crippen molar-refractivity contribution < 1.29 is 19.4 Å². The minimum absolute atomic E-state index is 0.0289. The van der Waals surface area contributed by atoms with E-state index in [9.17, 15) is 9.90 Å². The largest absolute Gasteiger partial charge is 0.508 e. The molecule has 0 saturated carbocycles. The lowest BCUT2D eigenvalue weighted by atomic mass is 10.2. The van der Waals surface area contributed by atoms with Crippen LogP contribution in [0.2, 0.25) is 0 Å². The molecule has 6 nitrogen and oxygen atoms in total. The minimum Gasteiger partial charge on any atom is -0.508 e. The monoisotopic (exact) mass is 376 g/mol. The number of hydrogen-bond donors (Lipinski definition) is 2. The Morgan fingerprint density at radius 1 is 1.04 bits per heavy atom. The van der Waals surface area contributed by atoms with Gasteiger partial charge in [-0.25, -0.2) is 5.43 Å². The lowest BCUT2D eigenvalue weighted by molar-refractivity contribution is 0.0954. The van der Waals surface area contributed by atoms with E-state index in [4.69, 9.17) is 9.47 Å². The van der Waals surface area contributed by atoms with Gasteiger partial charge in [-0.2, -0.15) is 5.10 Å². The summed E-state index contributed by atoms with van der Waals surface area (Å²) in [5, 5.41) is 13.3. The summed E-state index contributed by atoms with van der Waals surface area (Å²) in [6.07, 6.45) is 1.53. The highest BCUT2D eigenvalue weighted by Gasteiger charge is 2.04. The summed E-state index contributed by atoms with van der Waals surface area (Å²) >= 11 is 0. The highest BCUT2D eigenvalue weighted by atomic mass is 16.5. The summed E-state index contributed by atoms with van der Waals surface area (Å²) in [7, 11) is 1.63. The third kappa shape index (κ3) is 5.35. The van der Waals surface area contributed by atoms with Crippen LogP contribution in [-0.2, 0) is 6.61 Å². The van der Waals surface area contributed by atoms with Gasteiger partial charge >= 0.3 is 0 Å². The van der Waals surface area contributed by atoms with E-state index < -0.39 is 5.91 Å². The van der Waals surface area contributed by atoms with Crippen LogP contribution in [0.15, 0.2) is 77.9 Å². The van der Waals surface area contributed by atoms with Crippen LogP contribution >= 0.6 is 0 Å². The average Bonchev–Trinajstić information content (AvgIpc) is 2.73. The van der Waals surface area contributed by atoms with E-state index in [0.717, 1.165) is 22.6 Å². The zero-order valence-corrected chi connectivity index (χ0v) is 15.3. The van der Waals surface area contributed by atoms with Gasteiger partial charge in [0.25, 0.3) is 5.91 Å². The Bertz CT molecular complexity index is 968. The molecule has 1 amide bonds. The first-order valence-electron chi connectivity index (χ1n) is 8.62. The molecule has 0 aliphatic heterocycles. The van der Waals surface area contributed by atoms with Gasteiger partial charge in [0.2, 0.25) is 0 Å². The number of hydrazone groups is 1. The molecule has 3 rings (SSSR count). The number of amides is 1. The molecular formula is C22H20N2O4. The van der Waals surface area contributed by atoms with Gasteiger partial charge in [-0.05, 0) is 65.7 Å². The Labute approximate surface area is 163 Å². The fourth-order valence-corrected chi connectivity index (χ4v) is 2.46. The lowest BCUT2D eigenvalue weighted by Gasteiger charge is -2.08. The summed E-state index contributed by atoms with van der Waals surface area (Å²) in [5.74, 6) is 1.15. The predicted octanol–water partition coefficient (Wildman–Crippen LogP) is 3.74. The predicted molar refractivity (Wildman–Crippen MR) is 107 cm³/mol. The molecule has 0 spiro atoms. The number of phenols is 1. The molecule has 3 aromatic rings. The molecule has 0 aliphatic rings. The minimum atomic E-state index is -0.398. The Morgan fingerprint density at radius 3 is 2.57 bits per heavy atom. The third-order valence-electron chi connectivity index (χ3n) is 3.91. The number of ether oxygens (including phenoxy) is 2. The summed E-state index contributed by atoms with van der Waals surface area (Å²) in [6.45, 7) is 0.435. The summed E-state index contributed by atoms with van der Waals surface area (Å²) in [4.78, 5) is 11.9. The normalized spacial score (nSPS) is 10.6. The second kappa shape index (κ2) is 9.23. The molecule has 0 heterocycles. The molecule has 2 N–H and O–H groups in total. The van der Waals surface area contributed by atoms with E-state index in [2.05, 4.69) is 10.5 Å². The van der Waals surface area contributed by atoms with Gasteiger partial charge in [-0.3, -0.25) is 4.79 Å². The molecule has 28 heavy (non-hydrogen) atoms. The SMILES string of the molecule is COc1cccc(COc2ccc(/C=N/NC(=O)c3cccc(O)c3)cc2)c1. The quantitative estimate of drug-likeness (QED) is 0.486. The van der Waals surface area contributed by atoms with Crippen molar-refractivity contribution in [2.75, 3.05) is 7.11 Å². The number of carbonyl (C=O) groups is 1. The number of benzene rings is 3. The second-order valence-electron chi connectivity index (χ2n) is 5.96. The molecule has 3 aromatic carbocycles. The molecule has 6 heteroatoms. The molecular weight excluding hydrogens is 356 g/mol. The molecule has 0 bridgehead atoms. The van der Waals surface area contributed by atoms with E-state index in [-0.39, 0.29) is 5.75 Å². The van der Waals surface area contributed by atoms with Crippen molar-refractivity contribution in [3.63, 3.8) is 0 Å². The van der Waals surface area contributed by atoms with Crippen molar-refractivity contribution in [1.29, 1.82) is 0 Å². The van der Waals surface area contributed by atoms with Gasteiger partial charge in [-0.15, -0.1) is 0 Å². The van der Waals surface area contributed by atoms with Gasteiger partial charge in [-0.1, -0.05) is 18.2 Å². The topological polar surface area (TPSA) is 80.2 Å². The van der Waals surface area contributed by atoms with Crippen molar-refractivity contribution in [3.05, 3.63) is 89.5 Å². The molecule has 0 fully saturated rings. The fraction of sp³-hybridized carbons (Fsp3) is 0.0909. The van der Waals surface area contributed by atoms with Gasteiger partial charge in [0.05, 0.1) is 13.3 Å². The number of rotatable bonds is 7. The van der Waals surface area contributed by atoms with Crippen LogP contribution in [0.3, 0.4) is 0 Å². The first-order chi connectivity index (χ1) is 13.6. The van der Waals surface area contributed by atoms with Crippen LogP contribution < -0.4 is 14.9 Å². The smallest absolute Gasteiger partial charge is 0.271 e. The number of phenolic OH excluding ortho intramolecular Hbond substituents is 1. The molecule has 142 valence electrons. The van der Waals surface area contributed by atoms with Crippen LogP contribution in [0.4, 0.5) is 0 Å². The third-order valence-corrected chi connectivity index (χ3v) is 3.91.